The SMILES string of the molecule is CCN1CCCC1CN1CC(C(=O)Nc2ccccc2N)CC1=O. The Balaban J connectivity index is 1.58. The number of likely N-dealkylation sites (tertiary alicyclic amines) is 2. The van der Waals surface area contributed by atoms with Crippen molar-refractivity contribution < 1.29 is 9.59 Å². The van der Waals surface area contributed by atoms with Crippen molar-refractivity contribution in [2.75, 3.05) is 37.2 Å². The maximum Gasteiger partial charge on any atom is 0.229 e. The highest BCUT2D eigenvalue weighted by Crippen LogP contribution is 2.25. The maximum absolute atomic E-state index is 12.5. The Labute approximate surface area is 143 Å². The molecule has 0 bridgehead atoms. The first-order valence-corrected chi connectivity index (χ1v) is 8.75. The first kappa shape index (κ1) is 16.8. The van der Waals surface area contributed by atoms with Crippen LogP contribution in [-0.2, 0) is 9.59 Å². The minimum absolute atomic E-state index is 0.0825. The van der Waals surface area contributed by atoms with E-state index >= 15 is 0 Å². The first-order valence-electron chi connectivity index (χ1n) is 8.75. The molecule has 2 fully saturated rings. The molecule has 2 saturated heterocycles. The summed E-state index contributed by atoms with van der Waals surface area (Å²) in [5.74, 6) is -0.338. The molecule has 130 valence electrons. The van der Waals surface area contributed by atoms with Crippen LogP contribution in [-0.4, -0.2) is 53.8 Å². The van der Waals surface area contributed by atoms with Crippen molar-refractivity contribution >= 4 is 23.2 Å². The molecule has 6 nitrogen and oxygen atoms in total. The van der Waals surface area contributed by atoms with Crippen molar-refractivity contribution in [2.45, 2.75) is 32.2 Å². The predicted molar refractivity (Wildman–Crippen MR) is 94.4 cm³/mol. The summed E-state index contributed by atoms with van der Waals surface area (Å²) in [5, 5.41) is 2.85. The number of para-hydroxylation sites is 2. The molecule has 2 amide bonds. The fraction of sp³-hybridized carbons (Fsp3) is 0.556. The number of carbonyl (C=O) groups excluding carboxylic acids is 2. The van der Waals surface area contributed by atoms with Gasteiger partial charge < -0.3 is 16.0 Å². The van der Waals surface area contributed by atoms with E-state index in [4.69, 9.17) is 5.73 Å². The fourth-order valence-electron chi connectivity index (χ4n) is 3.74. The van der Waals surface area contributed by atoms with Gasteiger partial charge in [-0.2, -0.15) is 0 Å². The van der Waals surface area contributed by atoms with Gasteiger partial charge in [0.25, 0.3) is 0 Å². The maximum atomic E-state index is 12.5. The van der Waals surface area contributed by atoms with Crippen LogP contribution in [0.15, 0.2) is 24.3 Å². The van der Waals surface area contributed by atoms with Gasteiger partial charge in [0.2, 0.25) is 11.8 Å². The third-order valence-electron chi connectivity index (χ3n) is 5.14. The molecule has 0 aromatic heterocycles. The largest absolute Gasteiger partial charge is 0.397 e. The predicted octanol–water partition coefficient (Wildman–Crippen LogP) is 1.54. The van der Waals surface area contributed by atoms with Crippen LogP contribution in [0.2, 0.25) is 0 Å². The molecule has 3 rings (SSSR count). The standard InChI is InChI=1S/C18H26N4O2/c1-2-21-9-5-6-14(21)12-22-11-13(10-17(22)23)18(24)20-16-8-4-3-7-15(16)19/h3-4,7-8,13-14H,2,5-6,9-12,19H2,1H3,(H,20,24). The summed E-state index contributed by atoms with van der Waals surface area (Å²) in [7, 11) is 0. The molecule has 3 N–H and O–H groups in total. The number of hydrogen-bond donors (Lipinski definition) is 2. The minimum atomic E-state index is -0.298. The van der Waals surface area contributed by atoms with Crippen molar-refractivity contribution in [3.8, 4) is 0 Å². The van der Waals surface area contributed by atoms with E-state index < -0.39 is 0 Å². The van der Waals surface area contributed by atoms with E-state index in [1.807, 2.05) is 17.0 Å². The fourth-order valence-corrected chi connectivity index (χ4v) is 3.74. The molecule has 0 saturated carbocycles. The Bertz CT molecular complexity index is 619. The highest BCUT2D eigenvalue weighted by atomic mass is 16.2. The van der Waals surface area contributed by atoms with Gasteiger partial charge in [0.1, 0.15) is 0 Å². The van der Waals surface area contributed by atoms with E-state index in [2.05, 4.69) is 17.1 Å². The van der Waals surface area contributed by atoms with Gasteiger partial charge >= 0.3 is 0 Å². The van der Waals surface area contributed by atoms with Gasteiger partial charge in [-0.3, -0.25) is 14.5 Å². The molecule has 2 unspecified atom stereocenters. The zero-order chi connectivity index (χ0) is 17.1. The minimum Gasteiger partial charge on any atom is -0.397 e. The van der Waals surface area contributed by atoms with E-state index in [-0.39, 0.29) is 24.2 Å². The van der Waals surface area contributed by atoms with Crippen LogP contribution in [0.3, 0.4) is 0 Å². The zero-order valence-corrected chi connectivity index (χ0v) is 14.2. The number of nitrogens with one attached hydrogen (secondary N) is 1. The van der Waals surface area contributed by atoms with Crippen molar-refractivity contribution in [3.05, 3.63) is 24.3 Å². The number of nitrogen functional groups attached to an aromatic ring is 1. The summed E-state index contributed by atoms with van der Waals surface area (Å²) < 4.78 is 0. The summed E-state index contributed by atoms with van der Waals surface area (Å²) in [6, 6.07) is 7.62. The number of carbonyl (C=O) groups is 2. The van der Waals surface area contributed by atoms with Gasteiger partial charge in [-0.15, -0.1) is 0 Å². The van der Waals surface area contributed by atoms with Gasteiger partial charge in [0, 0.05) is 25.6 Å². The molecule has 1 aromatic rings. The highest BCUT2D eigenvalue weighted by molar-refractivity contribution is 5.99. The molecule has 2 aliphatic heterocycles. The summed E-state index contributed by atoms with van der Waals surface area (Å²) in [5.41, 5.74) is 7.01. The summed E-state index contributed by atoms with van der Waals surface area (Å²) in [6.07, 6.45) is 2.62. The lowest BCUT2D eigenvalue weighted by Crippen LogP contribution is -2.41. The van der Waals surface area contributed by atoms with Crippen LogP contribution in [0.4, 0.5) is 11.4 Å². The molecule has 2 aliphatic rings. The smallest absolute Gasteiger partial charge is 0.229 e. The molecule has 2 atom stereocenters. The lowest BCUT2D eigenvalue weighted by Gasteiger charge is -2.27. The number of nitrogens with zero attached hydrogens (tertiary/aromatic N) is 2. The molecule has 2 heterocycles. The summed E-state index contributed by atoms with van der Waals surface area (Å²) in [4.78, 5) is 29.0. The number of anilines is 2. The molecule has 0 spiro atoms. The van der Waals surface area contributed by atoms with Crippen LogP contribution >= 0.6 is 0 Å². The number of nitrogens with two attached hydrogens (primary N) is 1. The average molecular weight is 330 g/mol. The van der Waals surface area contributed by atoms with Crippen LogP contribution in [0.1, 0.15) is 26.2 Å². The van der Waals surface area contributed by atoms with Crippen LogP contribution < -0.4 is 11.1 Å². The number of rotatable bonds is 5. The highest BCUT2D eigenvalue weighted by Gasteiger charge is 2.36. The zero-order valence-electron chi connectivity index (χ0n) is 14.2. The number of benzene rings is 1. The molecular formula is C18H26N4O2. The van der Waals surface area contributed by atoms with Gasteiger partial charge in [-0.1, -0.05) is 19.1 Å². The van der Waals surface area contributed by atoms with E-state index in [1.54, 1.807) is 12.1 Å². The Morgan fingerprint density at radius 2 is 2.17 bits per heavy atom. The monoisotopic (exact) mass is 330 g/mol. The third-order valence-corrected chi connectivity index (χ3v) is 5.14. The van der Waals surface area contributed by atoms with Crippen LogP contribution in [0.5, 0.6) is 0 Å². The molecule has 0 radical (unpaired) electrons. The van der Waals surface area contributed by atoms with E-state index in [0.29, 0.717) is 24.0 Å². The number of amides is 2. The van der Waals surface area contributed by atoms with Crippen LogP contribution in [0.25, 0.3) is 0 Å². The van der Waals surface area contributed by atoms with Gasteiger partial charge in [-0.25, -0.2) is 0 Å². The van der Waals surface area contributed by atoms with Crippen molar-refractivity contribution in [2.24, 2.45) is 5.92 Å². The number of likely N-dealkylation sites (N-methyl/N-ethyl adjacent to an activating group) is 1. The van der Waals surface area contributed by atoms with Crippen LogP contribution in [0, 0.1) is 5.92 Å². The van der Waals surface area contributed by atoms with E-state index in [9.17, 15) is 9.59 Å². The quantitative estimate of drug-likeness (QED) is 0.803. The van der Waals surface area contributed by atoms with Gasteiger partial charge in [-0.05, 0) is 38.1 Å². The molecule has 0 aliphatic carbocycles. The van der Waals surface area contributed by atoms with E-state index in [0.717, 1.165) is 26.1 Å². The second kappa shape index (κ2) is 7.21. The Morgan fingerprint density at radius 3 is 2.92 bits per heavy atom. The van der Waals surface area contributed by atoms with Crippen molar-refractivity contribution in [3.63, 3.8) is 0 Å². The Morgan fingerprint density at radius 1 is 1.38 bits per heavy atom. The second-order valence-corrected chi connectivity index (χ2v) is 6.70. The van der Waals surface area contributed by atoms with Crippen molar-refractivity contribution in [1.29, 1.82) is 0 Å². The summed E-state index contributed by atoms with van der Waals surface area (Å²) >= 11 is 0. The molecule has 24 heavy (non-hydrogen) atoms. The second-order valence-electron chi connectivity index (χ2n) is 6.70. The third kappa shape index (κ3) is 3.53. The van der Waals surface area contributed by atoms with E-state index in [1.165, 1.54) is 6.42 Å². The van der Waals surface area contributed by atoms with Gasteiger partial charge in [0.15, 0.2) is 0 Å². The topological polar surface area (TPSA) is 78.7 Å². The number of hydrogen-bond acceptors (Lipinski definition) is 4. The molecule has 1 aromatic carbocycles. The lowest BCUT2D eigenvalue weighted by atomic mass is 10.1. The molecule has 6 heteroatoms. The lowest BCUT2D eigenvalue weighted by molar-refractivity contribution is -0.128. The van der Waals surface area contributed by atoms with Gasteiger partial charge in [0.05, 0.1) is 17.3 Å². The molecular weight excluding hydrogens is 304 g/mol. The van der Waals surface area contributed by atoms with Crippen molar-refractivity contribution in [1.82, 2.24) is 9.80 Å². The summed E-state index contributed by atoms with van der Waals surface area (Å²) in [6.45, 7) is 5.53. The normalized spacial score (nSPS) is 24.5. The average Bonchev–Trinajstić information content (AvgIpc) is 3.17. The Hall–Kier alpha value is -2.08. The Kier molecular flexibility index (Phi) is 5.04. The first-order chi connectivity index (χ1) is 11.6.